The molecule has 2 aliphatic heterocycles. The number of aromatic nitrogens is 1. The Kier molecular flexibility index (Phi) is 32.4. The van der Waals surface area contributed by atoms with Crippen molar-refractivity contribution < 1.29 is 72.2 Å². The van der Waals surface area contributed by atoms with Crippen LogP contribution in [0, 0.1) is 5.92 Å². The minimum absolute atomic E-state index is 0.00664. The second kappa shape index (κ2) is 40.4. The first-order chi connectivity index (χ1) is 48.0. The van der Waals surface area contributed by atoms with E-state index in [2.05, 4.69) is 73.5 Å². The fourth-order valence-electron chi connectivity index (χ4n) is 11.1. The summed E-state index contributed by atoms with van der Waals surface area (Å²) < 4.78 is 0. The zero-order valence-corrected chi connectivity index (χ0v) is 57.1. The highest BCUT2D eigenvalue weighted by Gasteiger charge is 2.41. The van der Waals surface area contributed by atoms with Gasteiger partial charge in [0.1, 0.15) is 60.4 Å². The molecule has 0 unspecified atom stereocenters. The van der Waals surface area contributed by atoms with Crippen molar-refractivity contribution in [3.05, 3.63) is 70.9 Å². The fraction of sp³-hybridized carbons (Fsp3) is 0.524. The number of halogens is 1. The number of fused-ring (bicyclic) bond motifs is 1. The van der Waals surface area contributed by atoms with Crippen LogP contribution >= 0.6 is 11.6 Å². The lowest BCUT2D eigenvalue weighted by Gasteiger charge is -2.31. The summed E-state index contributed by atoms with van der Waals surface area (Å²) in [5.41, 5.74) is 31.4. The quantitative estimate of drug-likeness (QED) is 0.00803. The summed E-state index contributed by atoms with van der Waals surface area (Å²) in [7, 11) is 0. The van der Waals surface area contributed by atoms with E-state index in [1.807, 2.05) is 5.43 Å². The van der Waals surface area contributed by atoms with Gasteiger partial charge in [-0.1, -0.05) is 55.8 Å². The third-order valence-corrected chi connectivity index (χ3v) is 16.5. The van der Waals surface area contributed by atoms with Gasteiger partial charge in [0.15, 0.2) is 11.9 Å². The zero-order chi connectivity index (χ0) is 74.5. The van der Waals surface area contributed by atoms with Crippen LogP contribution in [0.3, 0.4) is 0 Å². The summed E-state index contributed by atoms with van der Waals surface area (Å²) in [5.74, 6) is -8.72. The molecule has 0 bridgehead atoms. The monoisotopic (exact) mass is 1430 g/mol. The number of carbonyl (C=O) groups is 14. The molecule has 2 fully saturated rings. The van der Waals surface area contributed by atoms with Crippen LogP contribution in [-0.2, 0) is 80.0 Å². The number of likely N-dealkylation sites (tertiary alicyclic amines) is 1. The van der Waals surface area contributed by atoms with E-state index in [0.29, 0.717) is 33.5 Å². The van der Waals surface area contributed by atoms with Crippen LogP contribution in [-0.4, -0.2) is 209 Å². The van der Waals surface area contributed by atoms with E-state index in [4.69, 9.17) is 46.1 Å². The van der Waals surface area contributed by atoms with E-state index < -0.39 is 182 Å². The molecule has 0 spiro atoms. The Balaban J connectivity index is 1.53. The molecule has 38 heteroatoms. The molecule has 3 aromatic rings. The number of carboxylic acid groups (broad SMARTS) is 1. The number of aromatic amines is 1. The van der Waals surface area contributed by atoms with E-state index in [1.165, 1.54) is 17.0 Å². The summed E-state index contributed by atoms with van der Waals surface area (Å²) in [6.45, 7) is 2.99. The van der Waals surface area contributed by atoms with Gasteiger partial charge in [0.25, 0.3) is 0 Å². The number of para-hydroxylation sites is 1. The number of hydrazine groups is 1. The van der Waals surface area contributed by atoms with Gasteiger partial charge in [-0.25, -0.2) is 10.6 Å². The zero-order valence-electron chi connectivity index (χ0n) is 56.3. The molecule has 26 N–H and O–H groups in total. The maximum Gasteiger partial charge on any atom is 0.327 e. The van der Waals surface area contributed by atoms with Crippen molar-refractivity contribution in [2.24, 2.45) is 50.4 Å². The molecule has 0 aliphatic carbocycles. The Morgan fingerprint density at radius 3 is 1.90 bits per heavy atom. The number of benzene rings is 2. The van der Waals surface area contributed by atoms with Gasteiger partial charge in [0.05, 0.1) is 13.0 Å². The number of aliphatic imine (C=N–C) groups is 2. The molecule has 5 rings (SSSR count). The number of nitrogens with zero attached hydrogens (tertiary/aromatic N) is 3. The van der Waals surface area contributed by atoms with E-state index in [9.17, 15) is 72.2 Å². The van der Waals surface area contributed by atoms with E-state index >= 15 is 0 Å². The Morgan fingerprint density at radius 1 is 0.683 bits per heavy atom. The first kappa shape index (κ1) is 81.0. The fourth-order valence-corrected chi connectivity index (χ4v) is 11.3. The van der Waals surface area contributed by atoms with Gasteiger partial charge < -0.3 is 102 Å². The molecule has 13 amide bonds. The molecule has 101 heavy (non-hydrogen) atoms. The van der Waals surface area contributed by atoms with Crippen molar-refractivity contribution in [3.8, 4) is 0 Å². The number of nitrogens with one attached hydrogen (secondary N) is 13. The molecule has 2 saturated heterocycles. The molecule has 1 aromatic heterocycles. The number of aliphatic carboxylic acids is 1. The van der Waals surface area contributed by atoms with Crippen molar-refractivity contribution in [3.63, 3.8) is 0 Å². The predicted molar refractivity (Wildman–Crippen MR) is 368 cm³/mol. The Morgan fingerprint density at radius 2 is 1.28 bits per heavy atom. The van der Waals surface area contributed by atoms with Gasteiger partial charge in [-0.05, 0) is 93.0 Å². The van der Waals surface area contributed by atoms with E-state index in [0.717, 1.165) is 6.92 Å². The van der Waals surface area contributed by atoms with Gasteiger partial charge in [-0.3, -0.25) is 77.7 Å². The van der Waals surface area contributed by atoms with Crippen molar-refractivity contribution in [1.29, 1.82) is 0 Å². The van der Waals surface area contributed by atoms with Gasteiger partial charge >= 0.3 is 5.97 Å². The number of nitrogens with two attached hydrogens (primary N) is 6. The SMILES string of the molecule is CC(=O)N[C@H]1CCC(=O)NCC(=O)NCC[C@@H](C(=O)N[C@H](CCCN=C(N)N)C(=O)N[C@@H](CC(C)C)C(=O)N[C@@H](CCCN=C(N)N)C(=O)N2CCC[C@H]2C(=O)N[C@@H](CN)C(=O)O)NC(=O)[C@H](CC(=O)NN)NC(=O)[C@@H](Cc2c[nH]c3ccccc23)NC(=O)[C@@H](Cc2ccc(Cl)cc2)NC1=O. The number of hydrogen-bond acceptors (Lipinski definition) is 18. The van der Waals surface area contributed by atoms with Crippen LogP contribution in [0.4, 0.5) is 0 Å². The molecule has 2 aliphatic rings. The standard InChI is InChI=1S/C63H93ClN22O15/c1-32(2)25-43(55(94)79-42(12-7-22-73-63(68)69)60(99)86-24-8-13-48(86)59(98)84-47(29-65)61(100)101)80-52(91)39(11-6-21-72-62(66)67)77-54(93)41-20-23-71-51(90)31-75-49(88)19-18-40(76-33(3)87)53(92)81-44(26-34-14-16-36(64)17-15-34)56(95)82-45(27-35-30-74-38-10-5-4-9-37(35)38)57(96)83-46(58(97)78-41)28-50(89)85-70/h4-5,9-10,14-17,30,32,39-48,74H,6-8,11-13,18-29,31,65,70H2,1-3H3,(H,71,90)(H,75,88)(H,76,87)(H,77,93)(H,78,97)(H,79,94)(H,80,91)(H,81,92)(H,82,95)(H,83,96)(H,84,98)(H,85,89)(H,100,101)(H4,66,67,72)(H4,68,69,73)/t39-,40+,41+,42+,43+,44-,45-,46+,47+,48+/m1/s1. The van der Waals surface area contributed by atoms with Gasteiger partial charge in [-0.2, -0.15) is 0 Å². The minimum atomic E-state index is -1.93. The van der Waals surface area contributed by atoms with Crippen LogP contribution in [0.15, 0.2) is 64.7 Å². The number of amides is 13. The van der Waals surface area contributed by atoms with Gasteiger partial charge in [-0.15, -0.1) is 0 Å². The summed E-state index contributed by atoms with van der Waals surface area (Å²) in [4.78, 5) is 207. The smallest absolute Gasteiger partial charge is 0.327 e. The largest absolute Gasteiger partial charge is 0.480 e. The highest BCUT2D eigenvalue weighted by atomic mass is 35.5. The Labute approximate surface area is 586 Å². The predicted octanol–water partition coefficient (Wildman–Crippen LogP) is -6.03. The number of rotatable bonds is 28. The highest BCUT2D eigenvalue weighted by molar-refractivity contribution is 6.30. The minimum Gasteiger partial charge on any atom is -0.480 e. The first-order valence-electron chi connectivity index (χ1n) is 32.8. The molecular formula is C63H93ClN22O15. The third-order valence-electron chi connectivity index (χ3n) is 16.3. The lowest BCUT2D eigenvalue weighted by atomic mass is 10.0. The maximum absolute atomic E-state index is 15.0. The normalized spacial score (nSPS) is 20.1. The van der Waals surface area contributed by atoms with Gasteiger partial charge in [0.2, 0.25) is 76.8 Å². The molecular weight excluding hydrogens is 1340 g/mol. The first-order valence-corrected chi connectivity index (χ1v) is 33.2. The van der Waals surface area contributed by atoms with Crippen LogP contribution in [0.2, 0.25) is 5.02 Å². The molecule has 2 aromatic carbocycles. The summed E-state index contributed by atoms with van der Waals surface area (Å²) >= 11 is 6.19. The summed E-state index contributed by atoms with van der Waals surface area (Å²) in [6.07, 6.45) is -0.979. The van der Waals surface area contributed by atoms with Crippen LogP contribution in [0.5, 0.6) is 0 Å². The number of carbonyl (C=O) groups excluding carboxylic acids is 13. The maximum atomic E-state index is 15.0. The van der Waals surface area contributed by atoms with Crippen molar-refractivity contribution >= 4 is 117 Å². The summed E-state index contributed by atoms with van der Waals surface area (Å²) in [6, 6.07) is -2.15. The lowest BCUT2D eigenvalue weighted by molar-refractivity contribution is -0.145. The molecule has 552 valence electrons. The summed E-state index contributed by atoms with van der Waals surface area (Å²) in [5, 5.41) is 38.6. The molecule has 37 nitrogen and oxygen atoms in total. The number of guanidine groups is 2. The van der Waals surface area contributed by atoms with Gasteiger partial charge in [0, 0.05) is 81.0 Å². The Hall–Kier alpha value is -10.7. The third kappa shape index (κ3) is 26.8. The van der Waals surface area contributed by atoms with Crippen LogP contribution in [0.25, 0.3) is 10.9 Å². The average molecular weight is 1430 g/mol. The number of H-pyrrole nitrogens is 1. The average Bonchev–Trinajstić information content (AvgIpc) is 1.77. The van der Waals surface area contributed by atoms with Crippen molar-refractivity contribution in [1.82, 2.24) is 73.8 Å². The topological polar surface area (TPSA) is 603 Å². The number of carboxylic acids is 1. The van der Waals surface area contributed by atoms with Crippen molar-refractivity contribution in [2.45, 2.75) is 165 Å². The van der Waals surface area contributed by atoms with Crippen LogP contribution in [0.1, 0.15) is 103 Å². The second-order valence-corrected chi connectivity index (χ2v) is 25.1. The lowest BCUT2D eigenvalue weighted by Crippen LogP contribution is -2.61. The second-order valence-electron chi connectivity index (χ2n) is 24.7. The molecule has 3 heterocycles. The molecule has 10 atom stereocenters. The van der Waals surface area contributed by atoms with Crippen molar-refractivity contribution in [2.75, 3.05) is 39.3 Å². The van der Waals surface area contributed by atoms with E-state index in [1.54, 1.807) is 56.4 Å². The molecule has 0 saturated carbocycles. The van der Waals surface area contributed by atoms with Crippen LogP contribution < -0.4 is 98.4 Å². The highest BCUT2D eigenvalue weighted by Crippen LogP contribution is 2.23. The van der Waals surface area contributed by atoms with E-state index in [-0.39, 0.29) is 95.3 Å². The molecule has 0 radical (unpaired) electrons. The number of hydrogen-bond donors (Lipinski definition) is 20. The Bertz CT molecular complexity index is 3510.